The first-order valence-corrected chi connectivity index (χ1v) is 6.41. The lowest BCUT2D eigenvalue weighted by Crippen LogP contribution is -2.23. The second-order valence-corrected chi connectivity index (χ2v) is 4.70. The average Bonchev–Trinajstić information content (AvgIpc) is 2.86. The van der Waals surface area contributed by atoms with Crippen LogP contribution in [0.4, 0.5) is 0 Å². The highest BCUT2D eigenvalue weighted by Crippen LogP contribution is 2.11. The Morgan fingerprint density at radius 2 is 2.00 bits per heavy atom. The second kappa shape index (κ2) is 6.33. The maximum Gasteiger partial charge on any atom is 0.138 e. The van der Waals surface area contributed by atoms with Gasteiger partial charge < -0.3 is 9.84 Å². The van der Waals surface area contributed by atoms with Gasteiger partial charge >= 0.3 is 0 Å². The number of aromatic nitrogens is 3. The second-order valence-electron chi connectivity index (χ2n) is 4.70. The molecule has 1 heterocycles. The largest absolute Gasteiger partial charge is 0.491 e. The van der Waals surface area contributed by atoms with Gasteiger partial charge in [-0.15, -0.1) is 0 Å². The smallest absolute Gasteiger partial charge is 0.138 e. The summed E-state index contributed by atoms with van der Waals surface area (Å²) in [5, 5.41) is 14.1. The van der Waals surface area contributed by atoms with Crippen molar-refractivity contribution in [2.45, 2.75) is 32.4 Å². The van der Waals surface area contributed by atoms with Crippen molar-refractivity contribution in [3.8, 4) is 5.75 Å². The molecular weight excluding hydrogens is 242 g/mol. The van der Waals surface area contributed by atoms with Crippen LogP contribution in [0.3, 0.4) is 0 Å². The van der Waals surface area contributed by atoms with E-state index < -0.39 is 6.10 Å². The number of ether oxygens (including phenoxy) is 1. The summed E-state index contributed by atoms with van der Waals surface area (Å²) >= 11 is 0. The molecule has 0 radical (unpaired) electrons. The highest BCUT2D eigenvalue weighted by molar-refractivity contribution is 5.20. The molecule has 5 nitrogen and oxygen atoms in total. The molecule has 0 aliphatic rings. The van der Waals surface area contributed by atoms with E-state index in [1.807, 2.05) is 48.9 Å². The van der Waals surface area contributed by atoms with Crippen LogP contribution in [0.2, 0.25) is 0 Å². The van der Waals surface area contributed by atoms with Crippen molar-refractivity contribution >= 4 is 0 Å². The summed E-state index contributed by atoms with van der Waals surface area (Å²) in [5.41, 5.74) is 0. The molecule has 0 aliphatic carbocycles. The van der Waals surface area contributed by atoms with Crippen LogP contribution in [0.25, 0.3) is 0 Å². The number of benzene rings is 1. The molecule has 0 saturated carbocycles. The molecular formula is C14H19N3O2. The monoisotopic (exact) mass is 261 g/mol. The molecule has 1 aromatic carbocycles. The molecule has 2 aromatic rings. The van der Waals surface area contributed by atoms with Crippen molar-refractivity contribution in [1.29, 1.82) is 0 Å². The van der Waals surface area contributed by atoms with E-state index in [0.29, 0.717) is 6.42 Å². The van der Waals surface area contributed by atoms with Gasteiger partial charge in [0, 0.05) is 12.5 Å². The Kier molecular flexibility index (Phi) is 4.52. The predicted octanol–water partition coefficient (Wildman–Crippen LogP) is 1.84. The molecule has 5 heteroatoms. The molecule has 0 saturated heterocycles. The van der Waals surface area contributed by atoms with Crippen molar-refractivity contribution in [1.82, 2.24) is 14.8 Å². The van der Waals surface area contributed by atoms with Gasteiger partial charge in [-0.25, -0.2) is 9.67 Å². The van der Waals surface area contributed by atoms with Gasteiger partial charge in [0.15, 0.2) is 0 Å². The van der Waals surface area contributed by atoms with Gasteiger partial charge in [-0.2, -0.15) is 5.10 Å². The molecule has 2 rings (SSSR count). The summed E-state index contributed by atoms with van der Waals surface area (Å²) in [5.74, 6) is 1.53. The topological polar surface area (TPSA) is 60.2 Å². The van der Waals surface area contributed by atoms with Gasteiger partial charge in [-0.3, -0.25) is 0 Å². The van der Waals surface area contributed by atoms with Gasteiger partial charge in [0.1, 0.15) is 24.5 Å². The van der Waals surface area contributed by atoms with E-state index >= 15 is 0 Å². The van der Waals surface area contributed by atoms with Gasteiger partial charge in [0.25, 0.3) is 0 Å². The lowest BCUT2D eigenvalue weighted by molar-refractivity contribution is 0.104. The third-order valence-corrected chi connectivity index (χ3v) is 2.74. The predicted molar refractivity (Wildman–Crippen MR) is 72.1 cm³/mol. The van der Waals surface area contributed by atoms with E-state index in [4.69, 9.17) is 4.74 Å². The van der Waals surface area contributed by atoms with E-state index in [2.05, 4.69) is 10.1 Å². The molecule has 1 atom stereocenters. The summed E-state index contributed by atoms with van der Waals surface area (Å²) in [7, 11) is 0. The van der Waals surface area contributed by atoms with Gasteiger partial charge in [0.05, 0.1) is 6.10 Å². The summed E-state index contributed by atoms with van der Waals surface area (Å²) < 4.78 is 7.32. The lowest BCUT2D eigenvalue weighted by Gasteiger charge is -2.14. The first kappa shape index (κ1) is 13.5. The van der Waals surface area contributed by atoms with Crippen molar-refractivity contribution in [3.05, 3.63) is 42.5 Å². The molecule has 19 heavy (non-hydrogen) atoms. The Morgan fingerprint density at radius 3 is 2.68 bits per heavy atom. The number of hydrogen-bond donors (Lipinski definition) is 1. The third-order valence-electron chi connectivity index (χ3n) is 2.74. The summed E-state index contributed by atoms with van der Waals surface area (Å²) in [6.45, 7) is 4.31. The number of aliphatic hydroxyl groups excluding tert-OH is 1. The van der Waals surface area contributed by atoms with E-state index in [-0.39, 0.29) is 12.6 Å². The highest BCUT2D eigenvalue weighted by atomic mass is 16.5. The number of para-hydroxylation sites is 1. The van der Waals surface area contributed by atoms with E-state index in [1.165, 1.54) is 6.33 Å². The van der Waals surface area contributed by atoms with Crippen molar-refractivity contribution in [2.75, 3.05) is 6.61 Å². The summed E-state index contributed by atoms with van der Waals surface area (Å²) in [4.78, 5) is 4.17. The number of rotatable bonds is 6. The molecule has 0 fully saturated rings. The molecule has 102 valence electrons. The standard InChI is InChI=1S/C14H19N3O2/c1-11(2)17-14(15-10-16-17)8-12(18)9-19-13-6-4-3-5-7-13/h3-7,10-12,18H,8-9H2,1-2H3. The average molecular weight is 261 g/mol. The zero-order valence-electron chi connectivity index (χ0n) is 11.2. The fourth-order valence-electron chi connectivity index (χ4n) is 1.83. The first-order valence-electron chi connectivity index (χ1n) is 6.41. The minimum atomic E-state index is -0.595. The van der Waals surface area contributed by atoms with Gasteiger partial charge in [0.2, 0.25) is 0 Å². The molecule has 0 aliphatic heterocycles. The first-order chi connectivity index (χ1) is 9.16. The SMILES string of the molecule is CC(C)n1ncnc1CC(O)COc1ccccc1. The Balaban J connectivity index is 1.87. The molecule has 1 N–H and O–H groups in total. The minimum absolute atomic E-state index is 0.236. The van der Waals surface area contributed by atoms with Gasteiger partial charge in [-0.1, -0.05) is 18.2 Å². The van der Waals surface area contributed by atoms with Crippen LogP contribution in [0, 0.1) is 0 Å². The Labute approximate surface area is 112 Å². The van der Waals surface area contributed by atoms with Crippen LogP contribution < -0.4 is 4.74 Å². The maximum atomic E-state index is 9.98. The molecule has 0 spiro atoms. The normalized spacial score (nSPS) is 12.6. The summed E-state index contributed by atoms with van der Waals surface area (Å²) in [6, 6.07) is 9.69. The van der Waals surface area contributed by atoms with Crippen molar-refractivity contribution in [2.24, 2.45) is 0 Å². The maximum absolute atomic E-state index is 9.98. The van der Waals surface area contributed by atoms with Crippen LogP contribution in [0.5, 0.6) is 5.75 Å². The molecule has 0 bridgehead atoms. The lowest BCUT2D eigenvalue weighted by atomic mass is 10.2. The van der Waals surface area contributed by atoms with Crippen LogP contribution in [0.15, 0.2) is 36.7 Å². The fraction of sp³-hybridized carbons (Fsp3) is 0.429. The van der Waals surface area contributed by atoms with E-state index in [0.717, 1.165) is 11.6 Å². The van der Waals surface area contributed by atoms with Crippen molar-refractivity contribution in [3.63, 3.8) is 0 Å². The van der Waals surface area contributed by atoms with Crippen LogP contribution in [0.1, 0.15) is 25.7 Å². The van der Waals surface area contributed by atoms with Crippen LogP contribution in [-0.4, -0.2) is 32.6 Å². The van der Waals surface area contributed by atoms with Crippen LogP contribution in [-0.2, 0) is 6.42 Å². The number of hydrogen-bond acceptors (Lipinski definition) is 4. The highest BCUT2D eigenvalue weighted by Gasteiger charge is 2.13. The Hall–Kier alpha value is -1.88. The summed E-state index contributed by atoms with van der Waals surface area (Å²) in [6.07, 6.45) is 1.35. The number of aliphatic hydroxyl groups is 1. The van der Waals surface area contributed by atoms with E-state index in [9.17, 15) is 5.11 Å². The molecule has 0 amide bonds. The quantitative estimate of drug-likeness (QED) is 0.862. The molecule has 1 unspecified atom stereocenters. The fourth-order valence-corrected chi connectivity index (χ4v) is 1.83. The third kappa shape index (κ3) is 3.79. The van der Waals surface area contributed by atoms with Gasteiger partial charge in [-0.05, 0) is 26.0 Å². The Bertz CT molecular complexity index is 496. The zero-order valence-corrected chi connectivity index (χ0v) is 11.2. The number of nitrogens with zero attached hydrogens (tertiary/aromatic N) is 3. The van der Waals surface area contributed by atoms with Crippen LogP contribution >= 0.6 is 0 Å². The zero-order chi connectivity index (χ0) is 13.7. The van der Waals surface area contributed by atoms with E-state index in [1.54, 1.807) is 0 Å². The molecule has 1 aromatic heterocycles. The Morgan fingerprint density at radius 1 is 1.26 bits per heavy atom. The minimum Gasteiger partial charge on any atom is -0.491 e. The van der Waals surface area contributed by atoms with Crippen molar-refractivity contribution < 1.29 is 9.84 Å².